The molecule has 5 nitrogen and oxygen atoms in total. The number of benzene rings is 1. The number of hydrogen-bond acceptors (Lipinski definition) is 4. The molecule has 0 fully saturated rings. The monoisotopic (exact) mass is 287 g/mol. The predicted octanol–water partition coefficient (Wildman–Crippen LogP) is 2.23. The molecular formula is C16H21N3O2. The molecule has 0 saturated heterocycles. The molecule has 1 unspecified atom stereocenters. The molecule has 5 heteroatoms. The Hall–Kier alpha value is -2.01. The fourth-order valence-electron chi connectivity index (χ4n) is 2.56. The third kappa shape index (κ3) is 2.74. The molecule has 1 aromatic heterocycles. The van der Waals surface area contributed by atoms with Gasteiger partial charge in [-0.3, -0.25) is 0 Å². The van der Waals surface area contributed by atoms with Gasteiger partial charge in [0.1, 0.15) is 13.2 Å². The van der Waals surface area contributed by atoms with Crippen molar-refractivity contribution in [2.75, 3.05) is 20.3 Å². The van der Waals surface area contributed by atoms with Gasteiger partial charge in [0.15, 0.2) is 11.5 Å². The van der Waals surface area contributed by atoms with Gasteiger partial charge in [-0.25, -0.2) is 4.98 Å². The van der Waals surface area contributed by atoms with Crippen LogP contribution in [0.25, 0.3) is 0 Å². The Morgan fingerprint density at radius 1 is 1.24 bits per heavy atom. The molecule has 0 radical (unpaired) electrons. The topological polar surface area (TPSA) is 48.3 Å². The molecule has 1 aromatic carbocycles. The highest BCUT2D eigenvalue weighted by Crippen LogP contribution is 2.33. The van der Waals surface area contributed by atoms with E-state index in [1.165, 1.54) is 11.3 Å². The summed E-state index contributed by atoms with van der Waals surface area (Å²) in [5.74, 6) is 1.66. The second-order valence-corrected chi connectivity index (χ2v) is 5.31. The van der Waals surface area contributed by atoms with E-state index in [9.17, 15) is 0 Å². The smallest absolute Gasteiger partial charge is 0.161 e. The minimum absolute atomic E-state index is 0.202. The van der Waals surface area contributed by atoms with E-state index in [4.69, 9.17) is 9.47 Å². The Balaban J connectivity index is 1.84. The number of rotatable bonds is 4. The number of hydrogen-bond donors (Lipinski definition) is 1. The summed E-state index contributed by atoms with van der Waals surface area (Å²) in [5.41, 5.74) is 3.47. The van der Waals surface area contributed by atoms with Crippen molar-refractivity contribution in [3.05, 3.63) is 41.5 Å². The van der Waals surface area contributed by atoms with Gasteiger partial charge in [0.25, 0.3) is 0 Å². The third-order valence-electron chi connectivity index (χ3n) is 4.04. The Kier molecular flexibility index (Phi) is 3.84. The van der Waals surface area contributed by atoms with Gasteiger partial charge in [-0.2, -0.15) is 0 Å². The van der Waals surface area contributed by atoms with Crippen molar-refractivity contribution in [2.24, 2.45) is 0 Å². The van der Waals surface area contributed by atoms with Crippen molar-refractivity contribution < 1.29 is 9.47 Å². The first-order chi connectivity index (χ1) is 10.2. The number of ether oxygens (including phenoxy) is 2. The van der Waals surface area contributed by atoms with Gasteiger partial charge in [0.05, 0.1) is 18.1 Å². The Morgan fingerprint density at radius 3 is 2.67 bits per heavy atom. The molecule has 0 bridgehead atoms. The molecule has 112 valence electrons. The zero-order chi connectivity index (χ0) is 14.8. The first kappa shape index (κ1) is 13.9. The average Bonchev–Trinajstić information content (AvgIpc) is 2.84. The molecule has 1 N–H and O–H groups in total. The normalized spacial score (nSPS) is 15.0. The minimum atomic E-state index is 0.202. The SMILES string of the molecule is CNC(Cn1cnc(C)c1C)c1ccc2c(c1)OCCO2. The number of nitrogens with zero attached hydrogens (tertiary/aromatic N) is 2. The lowest BCUT2D eigenvalue weighted by Gasteiger charge is -2.22. The summed E-state index contributed by atoms with van der Waals surface area (Å²) < 4.78 is 13.4. The standard InChI is InChI=1S/C16H21N3O2/c1-11-12(2)19(10-18-11)9-14(17-3)13-4-5-15-16(8-13)21-7-6-20-15/h4-5,8,10,14,17H,6-7,9H2,1-3H3. The molecule has 0 spiro atoms. The van der Waals surface area contributed by atoms with Gasteiger partial charge in [0.2, 0.25) is 0 Å². The first-order valence-electron chi connectivity index (χ1n) is 7.24. The highest BCUT2D eigenvalue weighted by Gasteiger charge is 2.17. The van der Waals surface area contributed by atoms with Crippen LogP contribution >= 0.6 is 0 Å². The molecule has 2 heterocycles. The number of aryl methyl sites for hydroxylation is 1. The van der Waals surface area contributed by atoms with Gasteiger partial charge in [-0.15, -0.1) is 0 Å². The maximum absolute atomic E-state index is 5.66. The largest absolute Gasteiger partial charge is 0.486 e. The number of likely N-dealkylation sites (N-methyl/N-ethyl adjacent to an activating group) is 1. The van der Waals surface area contributed by atoms with Crippen LogP contribution in [-0.2, 0) is 6.54 Å². The Morgan fingerprint density at radius 2 is 2.00 bits per heavy atom. The van der Waals surface area contributed by atoms with Crippen LogP contribution in [0.3, 0.4) is 0 Å². The van der Waals surface area contributed by atoms with Crippen molar-refractivity contribution in [3.8, 4) is 11.5 Å². The van der Waals surface area contributed by atoms with Crippen LogP contribution in [-0.4, -0.2) is 29.8 Å². The van der Waals surface area contributed by atoms with Gasteiger partial charge >= 0.3 is 0 Å². The van der Waals surface area contributed by atoms with E-state index in [-0.39, 0.29) is 6.04 Å². The fraction of sp³-hybridized carbons (Fsp3) is 0.438. The van der Waals surface area contributed by atoms with E-state index >= 15 is 0 Å². The summed E-state index contributed by atoms with van der Waals surface area (Å²) in [5, 5.41) is 3.37. The summed E-state index contributed by atoms with van der Waals surface area (Å²) >= 11 is 0. The van der Waals surface area contributed by atoms with Crippen molar-refractivity contribution in [2.45, 2.75) is 26.4 Å². The fourth-order valence-corrected chi connectivity index (χ4v) is 2.56. The number of fused-ring (bicyclic) bond motifs is 1. The van der Waals surface area contributed by atoms with Crippen LogP contribution in [0.1, 0.15) is 23.0 Å². The van der Waals surface area contributed by atoms with E-state index in [1.54, 1.807) is 0 Å². The lowest BCUT2D eigenvalue weighted by atomic mass is 10.1. The lowest BCUT2D eigenvalue weighted by Crippen LogP contribution is -2.23. The van der Waals surface area contributed by atoms with E-state index in [2.05, 4.69) is 33.9 Å². The zero-order valence-corrected chi connectivity index (χ0v) is 12.7. The molecule has 0 amide bonds. The van der Waals surface area contributed by atoms with Crippen LogP contribution in [0.2, 0.25) is 0 Å². The lowest BCUT2D eigenvalue weighted by molar-refractivity contribution is 0.171. The molecule has 0 saturated carbocycles. The van der Waals surface area contributed by atoms with Gasteiger partial charge in [-0.1, -0.05) is 6.07 Å². The summed E-state index contributed by atoms with van der Waals surface area (Å²) in [6, 6.07) is 6.34. The highest BCUT2D eigenvalue weighted by molar-refractivity contribution is 5.44. The van der Waals surface area contributed by atoms with Crippen molar-refractivity contribution in [1.82, 2.24) is 14.9 Å². The summed E-state index contributed by atoms with van der Waals surface area (Å²) in [7, 11) is 1.97. The molecule has 1 aliphatic rings. The predicted molar refractivity (Wildman–Crippen MR) is 80.9 cm³/mol. The maximum atomic E-state index is 5.66. The molecular weight excluding hydrogens is 266 g/mol. The maximum Gasteiger partial charge on any atom is 0.161 e. The Labute approximate surface area is 124 Å². The van der Waals surface area contributed by atoms with Gasteiger partial charge in [0, 0.05) is 12.2 Å². The van der Waals surface area contributed by atoms with Crippen LogP contribution in [0, 0.1) is 13.8 Å². The van der Waals surface area contributed by atoms with E-state index in [1.807, 2.05) is 26.4 Å². The Bertz CT molecular complexity index is 636. The zero-order valence-electron chi connectivity index (χ0n) is 12.7. The van der Waals surface area contributed by atoms with E-state index in [0.717, 1.165) is 23.7 Å². The molecule has 3 rings (SSSR count). The summed E-state index contributed by atoms with van der Waals surface area (Å²) in [6.45, 7) is 6.20. The average molecular weight is 287 g/mol. The first-order valence-corrected chi connectivity index (χ1v) is 7.24. The second kappa shape index (κ2) is 5.77. The number of nitrogens with one attached hydrogen (secondary N) is 1. The van der Waals surface area contributed by atoms with Crippen LogP contribution < -0.4 is 14.8 Å². The number of aromatic nitrogens is 2. The van der Waals surface area contributed by atoms with Crippen LogP contribution in [0.4, 0.5) is 0 Å². The van der Waals surface area contributed by atoms with Crippen molar-refractivity contribution >= 4 is 0 Å². The quantitative estimate of drug-likeness (QED) is 0.937. The van der Waals surface area contributed by atoms with Gasteiger partial charge in [-0.05, 0) is 38.6 Å². The highest BCUT2D eigenvalue weighted by atomic mass is 16.6. The van der Waals surface area contributed by atoms with Crippen molar-refractivity contribution in [1.29, 1.82) is 0 Å². The summed E-state index contributed by atoms with van der Waals surface area (Å²) in [4.78, 5) is 4.36. The van der Waals surface area contributed by atoms with Crippen molar-refractivity contribution in [3.63, 3.8) is 0 Å². The summed E-state index contributed by atoms with van der Waals surface area (Å²) in [6.07, 6.45) is 1.90. The van der Waals surface area contributed by atoms with Crippen LogP contribution in [0.15, 0.2) is 24.5 Å². The van der Waals surface area contributed by atoms with E-state index < -0.39 is 0 Å². The second-order valence-electron chi connectivity index (χ2n) is 5.31. The minimum Gasteiger partial charge on any atom is -0.486 e. The molecule has 0 aliphatic carbocycles. The van der Waals surface area contributed by atoms with Crippen LogP contribution in [0.5, 0.6) is 11.5 Å². The number of imidazole rings is 1. The third-order valence-corrected chi connectivity index (χ3v) is 4.04. The molecule has 2 aromatic rings. The van der Waals surface area contributed by atoms with E-state index in [0.29, 0.717) is 13.2 Å². The molecule has 21 heavy (non-hydrogen) atoms. The molecule has 1 aliphatic heterocycles. The van der Waals surface area contributed by atoms with Gasteiger partial charge < -0.3 is 19.4 Å². The molecule has 1 atom stereocenters.